The molecule has 1 aromatic heterocycles. The summed E-state index contributed by atoms with van der Waals surface area (Å²) in [5.41, 5.74) is 0.220. The van der Waals surface area contributed by atoms with Gasteiger partial charge in [0.05, 0.1) is 0 Å². The maximum absolute atomic E-state index is 12.7. The molecule has 1 aliphatic heterocycles. The Morgan fingerprint density at radius 1 is 1.21 bits per heavy atom. The number of benzene rings is 1. The Kier molecular flexibility index (Phi) is 4.91. The lowest BCUT2D eigenvalue weighted by Crippen LogP contribution is -2.26. The topological polar surface area (TPSA) is 41.0 Å². The summed E-state index contributed by atoms with van der Waals surface area (Å²) >= 11 is 5.87. The van der Waals surface area contributed by atoms with Crippen LogP contribution in [0.2, 0.25) is 5.02 Å². The lowest BCUT2D eigenvalue weighted by molar-refractivity contribution is -0.141. The van der Waals surface area contributed by atoms with Crippen LogP contribution >= 0.6 is 11.6 Å². The molecular formula is C16H16ClF3N4. The van der Waals surface area contributed by atoms with E-state index in [0.717, 1.165) is 44.0 Å². The standard InChI is InChI=1S/C16H16ClF3N4/c17-12-3-1-11(2-4-12)8-24-6-5-13(9-24)23-15-7-14(16(18,19)20)21-10-22-15/h1-4,7,10,13H,5-6,8-9H2,(H,21,22,23). The van der Waals surface area contributed by atoms with Crippen LogP contribution in [0.5, 0.6) is 0 Å². The average molecular weight is 357 g/mol. The van der Waals surface area contributed by atoms with E-state index in [9.17, 15) is 13.2 Å². The van der Waals surface area contributed by atoms with Gasteiger partial charge in [0.15, 0.2) is 0 Å². The molecule has 1 fully saturated rings. The van der Waals surface area contributed by atoms with Gasteiger partial charge in [0.2, 0.25) is 0 Å². The number of nitrogens with one attached hydrogen (secondary N) is 1. The summed E-state index contributed by atoms with van der Waals surface area (Å²) in [5, 5.41) is 3.76. The van der Waals surface area contributed by atoms with Crippen LogP contribution in [0.15, 0.2) is 36.7 Å². The van der Waals surface area contributed by atoms with Crippen LogP contribution in [-0.4, -0.2) is 34.0 Å². The van der Waals surface area contributed by atoms with Crippen molar-refractivity contribution < 1.29 is 13.2 Å². The van der Waals surface area contributed by atoms with Gasteiger partial charge in [0, 0.05) is 36.8 Å². The van der Waals surface area contributed by atoms with Gasteiger partial charge in [0.1, 0.15) is 17.8 Å². The molecule has 3 rings (SSSR count). The predicted octanol–water partition coefficient (Wildman–Crippen LogP) is 3.84. The van der Waals surface area contributed by atoms with Crippen molar-refractivity contribution >= 4 is 17.4 Å². The second kappa shape index (κ2) is 6.94. The molecule has 1 N–H and O–H groups in total. The molecule has 4 nitrogen and oxygen atoms in total. The maximum atomic E-state index is 12.7. The SMILES string of the molecule is FC(F)(F)c1cc(NC2CCN(Cc3ccc(Cl)cc3)C2)ncn1. The Bertz CT molecular complexity index is 690. The second-order valence-electron chi connectivity index (χ2n) is 5.78. The van der Waals surface area contributed by atoms with Crippen molar-refractivity contribution in [2.75, 3.05) is 18.4 Å². The molecule has 0 radical (unpaired) electrons. The molecule has 1 saturated heterocycles. The monoisotopic (exact) mass is 356 g/mol. The van der Waals surface area contributed by atoms with Crippen LogP contribution in [0.4, 0.5) is 19.0 Å². The van der Waals surface area contributed by atoms with Crippen molar-refractivity contribution in [3.63, 3.8) is 0 Å². The molecule has 0 bridgehead atoms. The molecule has 128 valence electrons. The number of aromatic nitrogens is 2. The predicted molar refractivity (Wildman–Crippen MR) is 85.8 cm³/mol. The van der Waals surface area contributed by atoms with Crippen molar-refractivity contribution in [3.8, 4) is 0 Å². The summed E-state index contributed by atoms with van der Waals surface area (Å²) in [4.78, 5) is 9.39. The van der Waals surface area contributed by atoms with Crippen LogP contribution < -0.4 is 5.32 Å². The highest BCUT2D eigenvalue weighted by molar-refractivity contribution is 6.30. The summed E-state index contributed by atoms with van der Waals surface area (Å²) in [6.07, 6.45) is -2.68. The molecule has 0 aliphatic carbocycles. The lowest BCUT2D eigenvalue weighted by Gasteiger charge is -2.17. The number of likely N-dealkylation sites (tertiary alicyclic amines) is 1. The number of halogens is 4. The summed E-state index contributed by atoms with van der Waals surface area (Å²) in [5.74, 6) is 0.204. The number of anilines is 1. The van der Waals surface area contributed by atoms with Gasteiger partial charge in [-0.3, -0.25) is 4.90 Å². The van der Waals surface area contributed by atoms with Crippen LogP contribution in [0.25, 0.3) is 0 Å². The largest absolute Gasteiger partial charge is 0.433 e. The highest BCUT2D eigenvalue weighted by Crippen LogP contribution is 2.28. The van der Waals surface area contributed by atoms with E-state index in [2.05, 4.69) is 20.2 Å². The van der Waals surface area contributed by atoms with E-state index in [4.69, 9.17) is 11.6 Å². The molecule has 8 heteroatoms. The van der Waals surface area contributed by atoms with E-state index in [1.165, 1.54) is 0 Å². The first-order valence-corrected chi connectivity index (χ1v) is 7.90. The smallest absolute Gasteiger partial charge is 0.366 e. The first kappa shape index (κ1) is 17.0. The first-order valence-electron chi connectivity index (χ1n) is 7.53. The number of rotatable bonds is 4. The number of nitrogens with zero attached hydrogens (tertiary/aromatic N) is 3. The number of hydrogen-bond acceptors (Lipinski definition) is 4. The minimum absolute atomic E-state index is 0.0632. The summed E-state index contributed by atoms with van der Waals surface area (Å²) in [7, 11) is 0. The van der Waals surface area contributed by atoms with Crippen molar-refractivity contribution in [2.45, 2.75) is 25.2 Å². The summed E-state index contributed by atoms with van der Waals surface area (Å²) in [6, 6.07) is 8.66. The van der Waals surface area contributed by atoms with Gasteiger partial charge in [-0.1, -0.05) is 23.7 Å². The quantitative estimate of drug-likeness (QED) is 0.903. The molecule has 0 spiro atoms. The maximum Gasteiger partial charge on any atom is 0.433 e. The van der Waals surface area contributed by atoms with Crippen molar-refractivity contribution in [1.82, 2.24) is 14.9 Å². The van der Waals surface area contributed by atoms with Gasteiger partial charge in [-0.15, -0.1) is 0 Å². The summed E-state index contributed by atoms with van der Waals surface area (Å²) in [6.45, 7) is 2.40. The zero-order valence-corrected chi connectivity index (χ0v) is 13.5. The Balaban J connectivity index is 1.57. The first-order chi connectivity index (χ1) is 11.4. The third-order valence-electron chi connectivity index (χ3n) is 3.90. The van der Waals surface area contributed by atoms with Crippen molar-refractivity contribution in [3.05, 3.63) is 52.9 Å². The Morgan fingerprint density at radius 3 is 2.67 bits per heavy atom. The molecule has 0 amide bonds. The van der Waals surface area contributed by atoms with Gasteiger partial charge in [-0.25, -0.2) is 9.97 Å². The molecule has 1 aliphatic rings. The van der Waals surface area contributed by atoms with Crippen LogP contribution in [-0.2, 0) is 12.7 Å². The highest BCUT2D eigenvalue weighted by atomic mass is 35.5. The van der Waals surface area contributed by atoms with E-state index in [1.807, 2.05) is 24.3 Å². The Morgan fingerprint density at radius 2 is 1.96 bits per heavy atom. The molecule has 1 aromatic carbocycles. The second-order valence-corrected chi connectivity index (χ2v) is 6.21. The van der Waals surface area contributed by atoms with Crippen LogP contribution in [0, 0.1) is 0 Å². The van der Waals surface area contributed by atoms with Gasteiger partial charge < -0.3 is 5.32 Å². The molecule has 1 unspecified atom stereocenters. The number of alkyl halides is 3. The molecular weight excluding hydrogens is 341 g/mol. The lowest BCUT2D eigenvalue weighted by atomic mass is 10.2. The fraction of sp³-hybridized carbons (Fsp3) is 0.375. The fourth-order valence-corrected chi connectivity index (χ4v) is 2.87. The molecule has 2 heterocycles. The molecule has 0 saturated carbocycles. The third-order valence-corrected chi connectivity index (χ3v) is 4.15. The minimum Gasteiger partial charge on any atom is -0.366 e. The Labute approximate surface area is 142 Å². The molecule has 2 aromatic rings. The van der Waals surface area contributed by atoms with Crippen LogP contribution in [0.1, 0.15) is 17.7 Å². The summed E-state index contributed by atoms with van der Waals surface area (Å²) < 4.78 is 38.0. The molecule has 24 heavy (non-hydrogen) atoms. The minimum atomic E-state index is -4.46. The van der Waals surface area contributed by atoms with Gasteiger partial charge in [0.25, 0.3) is 0 Å². The van der Waals surface area contributed by atoms with E-state index >= 15 is 0 Å². The fourth-order valence-electron chi connectivity index (χ4n) is 2.74. The highest BCUT2D eigenvalue weighted by Gasteiger charge is 2.33. The van der Waals surface area contributed by atoms with E-state index in [-0.39, 0.29) is 11.9 Å². The normalized spacial score (nSPS) is 18.8. The number of hydrogen-bond donors (Lipinski definition) is 1. The van der Waals surface area contributed by atoms with E-state index in [1.54, 1.807) is 0 Å². The van der Waals surface area contributed by atoms with Gasteiger partial charge in [-0.2, -0.15) is 13.2 Å². The van der Waals surface area contributed by atoms with Gasteiger partial charge in [-0.05, 0) is 24.1 Å². The van der Waals surface area contributed by atoms with E-state index < -0.39 is 11.9 Å². The van der Waals surface area contributed by atoms with Crippen molar-refractivity contribution in [2.24, 2.45) is 0 Å². The van der Waals surface area contributed by atoms with Crippen LogP contribution in [0.3, 0.4) is 0 Å². The Hall–Kier alpha value is -1.86. The van der Waals surface area contributed by atoms with Gasteiger partial charge >= 0.3 is 6.18 Å². The van der Waals surface area contributed by atoms with Crippen molar-refractivity contribution in [1.29, 1.82) is 0 Å². The third kappa shape index (κ3) is 4.36. The molecule has 1 atom stereocenters. The average Bonchev–Trinajstić information content (AvgIpc) is 2.96. The zero-order chi connectivity index (χ0) is 17.2. The van der Waals surface area contributed by atoms with E-state index in [0.29, 0.717) is 5.02 Å². The zero-order valence-electron chi connectivity index (χ0n) is 12.7.